The molecule has 0 radical (unpaired) electrons. The zero-order valence-corrected chi connectivity index (χ0v) is 19.1. The average Bonchev–Trinajstić information content (AvgIpc) is 3.53. The van der Waals surface area contributed by atoms with Crippen LogP contribution in [-0.4, -0.2) is 57.6 Å². The number of aryl methyl sites for hydroxylation is 2. The van der Waals surface area contributed by atoms with Crippen LogP contribution in [0.4, 0.5) is 0 Å². The van der Waals surface area contributed by atoms with Crippen LogP contribution in [0.25, 0.3) is 6.08 Å². The van der Waals surface area contributed by atoms with E-state index in [4.69, 9.17) is 9.47 Å². The number of methoxy groups -OCH3 is 2. The van der Waals surface area contributed by atoms with Crippen molar-refractivity contribution in [2.24, 2.45) is 0 Å². The number of rotatable bonds is 8. The zero-order valence-electron chi connectivity index (χ0n) is 18.3. The summed E-state index contributed by atoms with van der Waals surface area (Å²) >= 11 is 1.73. The van der Waals surface area contributed by atoms with E-state index in [1.165, 1.54) is 19.8 Å². The van der Waals surface area contributed by atoms with Crippen molar-refractivity contribution in [2.75, 3.05) is 27.3 Å². The van der Waals surface area contributed by atoms with Gasteiger partial charge in [-0.2, -0.15) is 16.3 Å². The Hall–Kier alpha value is -3.20. The molecule has 0 unspecified atom stereocenters. The van der Waals surface area contributed by atoms with Crippen LogP contribution in [0.2, 0.25) is 0 Å². The lowest BCUT2D eigenvalue weighted by Gasteiger charge is -2.31. The molecule has 8 nitrogen and oxygen atoms in total. The predicted octanol–water partition coefficient (Wildman–Crippen LogP) is 3.41. The lowest BCUT2D eigenvalue weighted by atomic mass is 9.95. The van der Waals surface area contributed by atoms with Crippen molar-refractivity contribution in [2.45, 2.75) is 31.7 Å². The third-order valence-corrected chi connectivity index (χ3v) is 6.41. The van der Waals surface area contributed by atoms with Crippen LogP contribution < -0.4 is 9.47 Å². The Balaban J connectivity index is 1.33. The molecule has 1 aliphatic heterocycles. The van der Waals surface area contributed by atoms with E-state index in [1.54, 1.807) is 29.7 Å². The van der Waals surface area contributed by atoms with Gasteiger partial charge in [0.15, 0.2) is 0 Å². The molecular formula is C23H27N5O3S. The van der Waals surface area contributed by atoms with E-state index in [-0.39, 0.29) is 11.9 Å². The maximum Gasteiger partial charge on any atom is 0.319 e. The highest BCUT2D eigenvalue weighted by Crippen LogP contribution is 2.27. The van der Waals surface area contributed by atoms with Gasteiger partial charge in [-0.1, -0.05) is 0 Å². The normalized spacial score (nSPS) is 14.8. The number of hydrogen-bond acceptors (Lipinski definition) is 7. The summed E-state index contributed by atoms with van der Waals surface area (Å²) in [6.07, 6.45) is 11.6. The Morgan fingerprint density at radius 3 is 2.81 bits per heavy atom. The Morgan fingerprint density at radius 1 is 1.25 bits per heavy atom. The fourth-order valence-electron chi connectivity index (χ4n) is 3.92. The van der Waals surface area contributed by atoms with Crippen molar-refractivity contribution in [3.05, 3.63) is 58.4 Å². The lowest BCUT2D eigenvalue weighted by molar-refractivity contribution is -0.127. The molecule has 32 heavy (non-hydrogen) atoms. The summed E-state index contributed by atoms with van der Waals surface area (Å²) in [5.74, 6) is 1.84. The van der Waals surface area contributed by atoms with E-state index in [2.05, 4.69) is 42.5 Å². The first kappa shape index (κ1) is 22.0. The fraction of sp³-hybridized carbons (Fsp3) is 0.391. The molecule has 168 valence electrons. The van der Waals surface area contributed by atoms with Crippen molar-refractivity contribution < 1.29 is 14.3 Å². The highest BCUT2D eigenvalue weighted by atomic mass is 32.1. The standard InChI is InChI=1S/C23H27N5O3S/c1-30-22-19(15-25-23(26-22)31-2)3-4-20(29)27-11-6-18(7-12-27)21-24-9-13-28(21)10-5-17-8-14-32-16-17/h3-4,8-9,13-16,18H,5-7,10-12H2,1-2H3. The number of hydrogen-bond donors (Lipinski definition) is 0. The molecule has 1 aliphatic rings. The lowest BCUT2D eigenvalue weighted by Crippen LogP contribution is -2.37. The smallest absolute Gasteiger partial charge is 0.319 e. The number of imidazole rings is 1. The topological polar surface area (TPSA) is 82.4 Å². The van der Waals surface area contributed by atoms with Gasteiger partial charge in [0, 0.05) is 50.2 Å². The van der Waals surface area contributed by atoms with Crippen molar-refractivity contribution in [1.82, 2.24) is 24.4 Å². The van der Waals surface area contributed by atoms with Crippen LogP contribution in [0.15, 0.2) is 41.5 Å². The second kappa shape index (κ2) is 10.4. The molecule has 0 saturated carbocycles. The first-order valence-electron chi connectivity index (χ1n) is 10.6. The average molecular weight is 454 g/mol. The minimum atomic E-state index is -0.0258. The molecule has 4 rings (SSSR count). The maximum absolute atomic E-state index is 12.7. The van der Waals surface area contributed by atoms with Gasteiger partial charge in [0.25, 0.3) is 0 Å². The van der Waals surface area contributed by atoms with Gasteiger partial charge >= 0.3 is 6.01 Å². The number of amides is 1. The molecule has 0 bridgehead atoms. The number of thiophene rings is 1. The quantitative estimate of drug-likeness (QED) is 0.486. The number of carbonyl (C=O) groups excluding carboxylic acids is 1. The molecule has 0 aliphatic carbocycles. The van der Waals surface area contributed by atoms with E-state index in [0.717, 1.165) is 31.6 Å². The van der Waals surface area contributed by atoms with E-state index in [0.29, 0.717) is 30.5 Å². The minimum Gasteiger partial charge on any atom is -0.480 e. The summed E-state index contributed by atoms with van der Waals surface area (Å²) in [5.41, 5.74) is 1.99. The SMILES string of the molecule is COc1ncc(C=CC(=O)N2CCC(c3nccn3CCc3ccsc3)CC2)c(OC)n1. The van der Waals surface area contributed by atoms with Crippen LogP contribution in [0.1, 0.15) is 35.7 Å². The Labute approximate surface area is 191 Å². The van der Waals surface area contributed by atoms with E-state index in [9.17, 15) is 4.79 Å². The van der Waals surface area contributed by atoms with Crippen LogP contribution in [-0.2, 0) is 17.8 Å². The van der Waals surface area contributed by atoms with Gasteiger partial charge in [0.2, 0.25) is 11.8 Å². The van der Waals surface area contributed by atoms with Gasteiger partial charge in [0.05, 0.1) is 19.8 Å². The number of piperidine rings is 1. The summed E-state index contributed by atoms with van der Waals surface area (Å²) in [7, 11) is 3.02. The molecule has 0 aromatic carbocycles. The van der Waals surface area contributed by atoms with E-state index in [1.807, 2.05) is 11.1 Å². The van der Waals surface area contributed by atoms with Gasteiger partial charge < -0.3 is 18.9 Å². The predicted molar refractivity (Wildman–Crippen MR) is 123 cm³/mol. The summed E-state index contributed by atoms with van der Waals surface area (Å²) in [5, 5.41) is 4.31. The van der Waals surface area contributed by atoms with Crippen molar-refractivity contribution >= 4 is 23.3 Å². The summed E-state index contributed by atoms with van der Waals surface area (Å²) < 4.78 is 12.5. The van der Waals surface area contributed by atoms with Crippen molar-refractivity contribution in [3.8, 4) is 11.9 Å². The monoisotopic (exact) mass is 453 g/mol. The van der Waals surface area contributed by atoms with Crippen LogP contribution >= 0.6 is 11.3 Å². The molecule has 1 amide bonds. The second-order valence-corrected chi connectivity index (χ2v) is 8.39. The molecule has 4 heterocycles. The number of nitrogens with zero attached hydrogens (tertiary/aromatic N) is 5. The Bertz CT molecular complexity index is 1060. The van der Waals surface area contributed by atoms with Crippen LogP contribution in [0.3, 0.4) is 0 Å². The van der Waals surface area contributed by atoms with E-state index >= 15 is 0 Å². The maximum atomic E-state index is 12.7. The number of ether oxygens (including phenoxy) is 2. The van der Waals surface area contributed by atoms with Gasteiger partial charge in [-0.15, -0.1) is 0 Å². The fourth-order valence-corrected chi connectivity index (χ4v) is 4.62. The highest BCUT2D eigenvalue weighted by molar-refractivity contribution is 7.07. The zero-order chi connectivity index (χ0) is 22.3. The van der Waals surface area contributed by atoms with E-state index < -0.39 is 0 Å². The van der Waals surface area contributed by atoms with Gasteiger partial charge in [0.1, 0.15) is 5.82 Å². The number of likely N-dealkylation sites (tertiary alicyclic amines) is 1. The number of aromatic nitrogens is 4. The van der Waals surface area contributed by atoms with Gasteiger partial charge in [-0.05, 0) is 47.7 Å². The van der Waals surface area contributed by atoms with Crippen LogP contribution in [0, 0.1) is 0 Å². The summed E-state index contributed by atoms with van der Waals surface area (Å²) in [6.45, 7) is 2.35. The summed E-state index contributed by atoms with van der Waals surface area (Å²) in [4.78, 5) is 27.4. The Kier molecular flexibility index (Phi) is 7.16. The summed E-state index contributed by atoms with van der Waals surface area (Å²) in [6, 6.07) is 2.40. The third kappa shape index (κ3) is 5.16. The van der Waals surface area contributed by atoms with Gasteiger partial charge in [-0.3, -0.25) is 4.79 Å². The van der Waals surface area contributed by atoms with Gasteiger partial charge in [-0.25, -0.2) is 9.97 Å². The molecule has 3 aromatic rings. The third-order valence-electron chi connectivity index (χ3n) is 5.68. The second-order valence-electron chi connectivity index (χ2n) is 7.61. The molecule has 1 fully saturated rings. The molecular weight excluding hydrogens is 426 g/mol. The first-order chi connectivity index (χ1) is 15.7. The molecule has 0 N–H and O–H groups in total. The molecule has 9 heteroatoms. The first-order valence-corrected chi connectivity index (χ1v) is 11.6. The molecule has 3 aromatic heterocycles. The minimum absolute atomic E-state index is 0.0258. The largest absolute Gasteiger partial charge is 0.480 e. The number of carbonyl (C=O) groups is 1. The molecule has 0 atom stereocenters. The molecule has 1 saturated heterocycles. The van der Waals surface area contributed by atoms with Crippen molar-refractivity contribution in [3.63, 3.8) is 0 Å². The van der Waals surface area contributed by atoms with Crippen LogP contribution in [0.5, 0.6) is 11.9 Å². The molecule has 0 spiro atoms. The Morgan fingerprint density at radius 2 is 2.09 bits per heavy atom. The highest BCUT2D eigenvalue weighted by Gasteiger charge is 2.25. The van der Waals surface area contributed by atoms with Crippen molar-refractivity contribution in [1.29, 1.82) is 0 Å².